The SMILES string of the molecule is CNC(=O)c1ccnc2c([C@H](C)CNc3cc(-c4cncc(C#N)c4)ncn3)ccc(F)c12.S. The molecule has 8 nitrogen and oxygen atoms in total. The van der Waals surface area contributed by atoms with Gasteiger partial charge in [-0.3, -0.25) is 14.8 Å². The van der Waals surface area contributed by atoms with Crippen LogP contribution in [0.5, 0.6) is 0 Å². The third-order valence-corrected chi connectivity index (χ3v) is 5.29. The minimum absolute atomic E-state index is 0. The van der Waals surface area contributed by atoms with Gasteiger partial charge >= 0.3 is 0 Å². The van der Waals surface area contributed by atoms with Crippen LogP contribution in [0.15, 0.2) is 55.2 Å². The van der Waals surface area contributed by atoms with Crippen LogP contribution < -0.4 is 10.6 Å². The minimum Gasteiger partial charge on any atom is -0.369 e. The lowest BCUT2D eigenvalue weighted by atomic mass is 9.95. The van der Waals surface area contributed by atoms with Crippen molar-refractivity contribution in [1.29, 1.82) is 5.26 Å². The molecule has 0 spiro atoms. The van der Waals surface area contributed by atoms with Crippen molar-refractivity contribution >= 4 is 36.1 Å². The normalized spacial score (nSPS) is 11.2. The number of anilines is 1. The summed E-state index contributed by atoms with van der Waals surface area (Å²) in [6.45, 7) is 2.47. The Morgan fingerprint density at radius 2 is 2.00 bits per heavy atom. The Hall–Kier alpha value is -4.10. The zero-order chi connectivity index (χ0) is 23.4. The van der Waals surface area contributed by atoms with E-state index >= 15 is 0 Å². The summed E-state index contributed by atoms with van der Waals surface area (Å²) in [4.78, 5) is 29.2. The highest BCUT2D eigenvalue weighted by molar-refractivity contribution is 7.59. The Kier molecular flexibility index (Phi) is 7.71. The van der Waals surface area contributed by atoms with E-state index in [-0.39, 0.29) is 36.3 Å². The van der Waals surface area contributed by atoms with Crippen molar-refractivity contribution < 1.29 is 9.18 Å². The number of carbonyl (C=O) groups is 1. The Bertz CT molecular complexity index is 1390. The number of aromatic nitrogens is 4. The van der Waals surface area contributed by atoms with E-state index < -0.39 is 5.82 Å². The van der Waals surface area contributed by atoms with Gasteiger partial charge in [0.2, 0.25) is 0 Å². The number of nitrogens with one attached hydrogen (secondary N) is 2. The van der Waals surface area contributed by atoms with Crippen molar-refractivity contribution in [2.24, 2.45) is 0 Å². The molecular weight excluding hydrogens is 453 g/mol. The number of carbonyl (C=O) groups excluding carboxylic acids is 1. The van der Waals surface area contributed by atoms with Crippen LogP contribution in [0.1, 0.15) is 34.3 Å². The summed E-state index contributed by atoms with van der Waals surface area (Å²) in [7, 11) is 1.51. The second-order valence-electron chi connectivity index (χ2n) is 7.44. The van der Waals surface area contributed by atoms with Crippen molar-refractivity contribution in [1.82, 2.24) is 25.3 Å². The molecule has 1 amide bonds. The topological polar surface area (TPSA) is 116 Å². The molecule has 172 valence electrons. The predicted octanol–water partition coefficient (Wildman–Crippen LogP) is 3.79. The number of fused-ring (bicyclic) bond motifs is 1. The average Bonchev–Trinajstić information content (AvgIpc) is 2.87. The molecule has 4 rings (SSSR count). The molecule has 0 saturated heterocycles. The number of halogens is 1. The monoisotopic (exact) mass is 475 g/mol. The van der Waals surface area contributed by atoms with Crippen molar-refractivity contribution in [3.05, 3.63) is 77.8 Å². The molecule has 0 aliphatic rings. The first kappa shape index (κ1) is 24.5. The van der Waals surface area contributed by atoms with Gasteiger partial charge in [-0.05, 0) is 23.8 Å². The number of benzene rings is 1. The van der Waals surface area contributed by atoms with E-state index in [2.05, 4.69) is 36.6 Å². The highest BCUT2D eigenvalue weighted by Gasteiger charge is 2.18. The molecule has 10 heteroatoms. The number of amides is 1. The third kappa shape index (κ3) is 4.94. The van der Waals surface area contributed by atoms with E-state index in [1.165, 1.54) is 37.9 Å². The van der Waals surface area contributed by atoms with Crippen molar-refractivity contribution in [2.75, 3.05) is 18.9 Å². The summed E-state index contributed by atoms with van der Waals surface area (Å²) in [6, 6.07) is 10.1. The lowest BCUT2D eigenvalue weighted by molar-refractivity contribution is 0.0964. The molecule has 0 unspecified atom stereocenters. The van der Waals surface area contributed by atoms with Gasteiger partial charge in [-0.1, -0.05) is 13.0 Å². The summed E-state index contributed by atoms with van der Waals surface area (Å²) in [5.74, 6) is -0.330. The Balaban J connectivity index is 0.00000324. The fourth-order valence-corrected chi connectivity index (χ4v) is 3.59. The first-order chi connectivity index (χ1) is 16.0. The summed E-state index contributed by atoms with van der Waals surface area (Å²) in [5.41, 5.74) is 3.30. The standard InChI is InChI=1S/C24H20FN7O.H2S/c1-14(17-3-4-19(25)22-18(24(33)27-2)5-6-29-23(17)22)10-30-21-8-20(31-13-32-21)16-7-15(9-26)11-28-12-16;/h3-8,11-14H,10H2,1-2H3,(H,27,33)(H,30,31,32);1H2/t14-;/m1./s1. The van der Waals surface area contributed by atoms with E-state index in [0.717, 1.165) is 5.56 Å². The number of nitrogens with zero attached hydrogens (tertiary/aromatic N) is 5. The molecule has 0 fully saturated rings. The Morgan fingerprint density at radius 1 is 1.18 bits per heavy atom. The first-order valence-electron chi connectivity index (χ1n) is 10.2. The van der Waals surface area contributed by atoms with Crippen LogP contribution in [0.2, 0.25) is 0 Å². The Morgan fingerprint density at radius 3 is 2.76 bits per heavy atom. The average molecular weight is 476 g/mol. The van der Waals surface area contributed by atoms with Gasteiger partial charge in [0.25, 0.3) is 5.91 Å². The van der Waals surface area contributed by atoms with Gasteiger partial charge in [0.05, 0.1) is 22.3 Å². The first-order valence-corrected chi connectivity index (χ1v) is 10.2. The Labute approximate surface area is 202 Å². The maximum atomic E-state index is 14.6. The van der Waals surface area contributed by atoms with Crippen LogP contribution in [-0.4, -0.2) is 39.4 Å². The number of nitriles is 1. The van der Waals surface area contributed by atoms with Gasteiger partial charge < -0.3 is 10.6 Å². The summed E-state index contributed by atoms with van der Waals surface area (Å²) < 4.78 is 14.6. The van der Waals surface area contributed by atoms with Gasteiger partial charge in [-0.15, -0.1) is 0 Å². The second-order valence-corrected chi connectivity index (χ2v) is 7.44. The van der Waals surface area contributed by atoms with E-state index in [1.54, 1.807) is 24.4 Å². The van der Waals surface area contributed by atoms with Gasteiger partial charge in [-0.2, -0.15) is 18.8 Å². The molecule has 0 aliphatic heterocycles. The smallest absolute Gasteiger partial charge is 0.251 e. The van der Waals surface area contributed by atoms with Crippen molar-refractivity contribution in [3.63, 3.8) is 0 Å². The zero-order valence-electron chi connectivity index (χ0n) is 18.5. The molecule has 4 aromatic rings. The summed E-state index contributed by atoms with van der Waals surface area (Å²) >= 11 is 0. The number of rotatable bonds is 6. The largest absolute Gasteiger partial charge is 0.369 e. The van der Waals surface area contributed by atoms with Crippen LogP contribution in [0.3, 0.4) is 0 Å². The molecule has 3 aromatic heterocycles. The number of pyridine rings is 2. The maximum absolute atomic E-state index is 14.6. The fraction of sp³-hybridized carbons (Fsp3) is 0.167. The van der Waals surface area contributed by atoms with E-state index in [9.17, 15) is 9.18 Å². The second kappa shape index (κ2) is 10.7. The third-order valence-electron chi connectivity index (χ3n) is 5.29. The van der Waals surface area contributed by atoms with Crippen LogP contribution in [0.25, 0.3) is 22.2 Å². The quantitative estimate of drug-likeness (QED) is 0.436. The van der Waals surface area contributed by atoms with Crippen molar-refractivity contribution in [2.45, 2.75) is 12.8 Å². The molecule has 3 heterocycles. The predicted molar refractivity (Wildman–Crippen MR) is 132 cm³/mol. The minimum atomic E-state index is -0.491. The van der Waals surface area contributed by atoms with Crippen LogP contribution >= 0.6 is 13.5 Å². The van der Waals surface area contributed by atoms with Crippen LogP contribution in [0.4, 0.5) is 10.2 Å². The van der Waals surface area contributed by atoms with Crippen LogP contribution in [-0.2, 0) is 0 Å². The van der Waals surface area contributed by atoms with E-state index in [0.29, 0.717) is 34.7 Å². The van der Waals surface area contributed by atoms with Gasteiger partial charge in [0.15, 0.2) is 0 Å². The molecule has 1 atom stereocenters. The summed E-state index contributed by atoms with van der Waals surface area (Å²) in [6.07, 6.45) is 6.07. The molecule has 34 heavy (non-hydrogen) atoms. The molecule has 0 saturated carbocycles. The van der Waals surface area contributed by atoms with Gasteiger partial charge in [-0.25, -0.2) is 14.4 Å². The van der Waals surface area contributed by atoms with Gasteiger partial charge in [0.1, 0.15) is 24.0 Å². The van der Waals surface area contributed by atoms with E-state index in [4.69, 9.17) is 5.26 Å². The lowest BCUT2D eigenvalue weighted by Crippen LogP contribution is -2.19. The van der Waals surface area contributed by atoms with Crippen molar-refractivity contribution in [3.8, 4) is 17.3 Å². The number of hydrogen-bond acceptors (Lipinski definition) is 7. The highest BCUT2D eigenvalue weighted by Crippen LogP contribution is 2.29. The molecule has 1 aromatic carbocycles. The molecule has 0 aliphatic carbocycles. The van der Waals surface area contributed by atoms with Crippen LogP contribution in [0, 0.1) is 17.1 Å². The summed E-state index contributed by atoms with van der Waals surface area (Å²) in [5, 5.41) is 15.1. The highest BCUT2D eigenvalue weighted by atomic mass is 32.1. The maximum Gasteiger partial charge on any atom is 0.251 e. The fourth-order valence-electron chi connectivity index (χ4n) is 3.59. The van der Waals surface area contributed by atoms with E-state index in [1.807, 2.05) is 6.92 Å². The lowest BCUT2D eigenvalue weighted by Gasteiger charge is -2.17. The molecule has 0 bridgehead atoms. The molecule has 0 radical (unpaired) electrons. The zero-order valence-corrected chi connectivity index (χ0v) is 19.5. The van der Waals surface area contributed by atoms with Gasteiger partial charge in [0, 0.05) is 55.1 Å². The molecule has 2 N–H and O–H groups in total. The molecular formula is C24H22FN7OS. The number of hydrogen-bond donors (Lipinski definition) is 2.